The number of amides is 1. The highest BCUT2D eigenvalue weighted by Crippen LogP contribution is 2.35. The average molecular weight is 392 g/mol. The Hall–Kier alpha value is -2.79. The smallest absolute Gasteiger partial charge is 0.251 e. The molecule has 1 amide bonds. The van der Waals surface area contributed by atoms with Crippen molar-refractivity contribution in [2.75, 3.05) is 6.61 Å². The number of hydrogen-bond donors (Lipinski definition) is 1. The number of carbonyl (C=O) groups is 1. The van der Waals surface area contributed by atoms with Gasteiger partial charge in [-0.2, -0.15) is 0 Å². The lowest BCUT2D eigenvalue weighted by Gasteiger charge is -2.31. The van der Waals surface area contributed by atoms with E-state index in [0.29, 0.717) is 6.54 Å². The molecule has 152 valence electrons. The number of nitrogens with one attached hydrogen (secondary N) is 1. The number of unbranched alkanes of at least 4 members (excludes halogenated alkanes) is 1. The second-order valence-electron chi connectivity index (χ2n) is 7.83. The molecule has 2 unspecified atom stereocenters. The van der Waals surface area contributed by atoms with Crippen LogP contribution in [0.5, 0.6) is 5.75 Å². The van der Waals surface area contributed by atoms with E-state index in [1.807, 2.05) is 46.6 Å². The summed E-state index contributed by atoms with van der Waals surface area (Å²) in [5, 5.41) is 1.95. The van der Waals surface area contributed by atoms with E-state index in [1.165, 1.54) is 5.56 Å². The lowest BCUT2D eigenvalue weighted by atomic mass is 10.00. The lowest BCUT2D eigenvalue weighted by molar-refractivity contribution is -0.134. The molecule has 2 atom stereocenters. The standard InChI is InChI=1S/C24H29N3O2/c1-3-4-14-29-23-11-6-5-10-20(23)21-16-22-24(28)26(12-13-27(22)25-21)17-19-9-7-8-18(2)15-19/h5-13,15,21-22,25H,3-4,14,16-17H2,1-2H3. The zero-order chi connectivity index (χ0) is 20.2. The lowest BCUT2D eigenvalue weighted by Crippen LogP contribution is -2.47. The number of para-hydroxylation sites is 1. The highest BCUT2D eigenvalue weighted by Gasteiger charge is 2.40. The fourth-order valence-electron chi connectivity index (χ4n) is 4.00. The zero-order valence-electron chi connectivity index (χ0n) is 17.2. The summed E-state index contributed by atoms with van der Waals surface area (Å²) >= 11 is 0. The van der Waals surface area contributed by atoms with E-state index in [1.54, 1.807) is 0 Å². The second-order valence-corrected chi connectivity index (χ2v) is 7.83. The van der Waals surface area contributed by atoms with Crippen LogP contribution in [0.25, 0.3) is 0 Å². The SMILES string of the molecule is CCCCOc1ccccc1C1CC2C(=O)N(Cc3cccc(C)c3)C=CN2N1. The summed E-state index contributed by atoms with van der Waals surface area (Å²) < 4.78 is 6.01. The summed E-state index contributed by atoms with van der Waals surface area (Å²) in [4.78, 5) is 15.0. The van der Waals surface area contributed by atoms with Crippen LogP contribution in [0.1, 0.15) is 48.9 Å². The van der Waals surface area contributed by atoms with Crippen LogP contribution in [0.2, 0.25) is 0 Å². The van der Waals surface area contributed by atoms with Crippen LogP contribution in [0.4, 0.5) is 0 Å². The number of ether oxygens (including phenoxy) is 1. The number of fused-ring (bicyclic) bond motifs is 1. The molecule has 5 heteroatoms. The summed E-state index contributed by atoms with van der Waals surface area (Å²) in [6.07, 6.45) is 6.72. The third kappa shape index (κ3) is 4.30. The van der Waals surface area contributed by atoms with Gasteiger partial charge >= 0.3 is 0 Å². The first-order valence-corrected chi connectivity index (χ1v) is 10.5. The Bertz CT molecular complexity index is 895. The van der Waals surface area contributed by atoms with Gasteiger partial charge in [-0.1, -0.05) is 61.4 Å². The predicted molar refractivity (Wildman–Crippen MR) is 114 cm³/mol. The molecular weight excluding hydrogens is 362 g/mol. The van der Waals surface area contributed by atoms with Gasteiger partial charge < -0.3 is 14.6 Å². The molecule has 1 saturated heterocycles. The maximum absolute atomic E-state index is 13.1. The van der Waals surface area contributed by atoms with Gasteiger partial charge in [0.25, 0.3) is 5.91 Å². The van der Waals surface area contributed by atoms with E-state index in [-0.39, 0.29) is 18.0 Å². The molecule has 0 radical (unpaired) electrons. The van der Waals surface area contributed by atoms with Gasteiger partial charge in [0.05, 0.1) is 19.2 Å². The van der Waals surface area contributed by atoms with E-state index >= 15 is 0 Å². The van der Waals surface area contributed by atoms with E-state index < -0.39 is 0 Å². The second kappa shape index (κ2) is 8.70. The predicted octanol–water partition coefficient (Wildman–Crippen LogP) is 4.31. The molecular formula is C24H29N3O2. The summed E-state index contributed by atoms with van der Waals surface area (Å²) in [6, 6.07) is 16.3. The molecule has 5 nitrogen and oxygen atoms in total. The molecule has 0 aromatic heterocycles. The zero-order valence-corrected chi connectivity index (χ0v) is 17.2. The van der Waals surface area contributed by atoms with E-state index in [0.717, 1.165) is 42.7 Å². The molecule has 1 N–H and O–H groups in total. The number of carbonyl (C=O) groups excluding carboxylic acids is 1. The van der Waals surface area contributed by atoms with Gasteiger partial charge in [-0.15, -0.1) is 0 Å². The number of hydrogen-bond acceptors (Lipinski definition) is 4. The Morgan fingerprint density at radius 2 is 2.00 bits per heavy atom. The first-order valence-electron chi connectivity index (χ1n) is 10.5. The fourth-order valence-corrected chi connectivity index (χ4v) is 4.00. The minimum atomic E-state index is -0.196. The van der Waals surface area contributed by atoms with Gasteiger partial charge in [0.2, 0.25) is 0 Å². The maximum atomic E-state index is 13.1. The first kappa shape index (κ1) is 19.5. The van der Waals surface area contributed by atoms with Crippen molar-refractivity contribution in [2.24, 2.45) is 0 Å². The van der Waals surface area contributed by atoms with Gasteiger partial charge in [0, 0.05) is 18.0 Å². The number of aryl methyl sites for hydroxylation is 1. The van der Waals surface area contributed by atoms with Crippen molar-refractivity contribution in [3.8, 4) is 5.75 Å². The van der Waals surface area contributed by atoms with Crippen molar-refractivity contribution in [2.45, 2.75) is 51.7 Å². The van der Waals surface area contributed by atoms with Crippen LogP contribution in [0.15, 0.2) is 60.9 Å². The van der Waals surface area contributed by atoms with Crippen LogP contribution >= 0.6 is 0 Å². The van der Waals surface area contributed by atoms with Gasteiger partial charge in [0.1, 0.15) is 11.8 Å². The normalized spacial score (nSPS) is 20.8. The molecule has 0 saturated carbocycles. The van der Waals surface area contributed by atoms with E-state index in [4.69, 9.17) is 4.74 Å². The van der Waals surface area contributed by atoms with Crippen LogP contribution in [0, 0.1) is 6.92 Å². The Labute approximate surface area is 172 Å². The summed E-state index contributed by atoms with van der Waals surface area (Å²) in [5.74, 6) is 1.04. The molecule has 29 heavy (non-hydrogen) atoms. The number of rotatable bonds is 7. The highest BCUT2D eigenvalue weighted by atomic mass is 16.5. The largest absolute Gasteiger partial charge is 0.493 e. The highest BCUT2D eigenvalue weighted by molar-refractivity contribution is 5.84. The van der Waals surface area contributed by atoms with Crippen LogP contribution < -0.4 is 10.2 Å². The Balaban J connectivity index is 1.46. The average Bonchev–Trinajstić information content (AvgIpc) is 3.16. The van der Waals surface area contributed by atoms with Crippen molar-refractivity contribution in [1.82, 2.24) is 15.3 Å². The third-order valence-electron chi connectivity index (χ3n) is 5.56. The number of hydrazine groups is 1. The van der Waals surface area contributed by atoms with Gasteiger partial charge in [0.15, 0.2) is 0 Å². The summed E-state index contributed by atoms with van der Waals surface area (Å²) in [7, 11) is 0. The minimum Gasteiger partial charge on any atom is -0.493 e. The van der Waals surface area contributed by atoms with Crippen molar-refractivity contribution >= 4 is 5.91 Å². The van der Waals surface area contributed by atoms with Crippen LogP contribution in [-0.2, 0) is 11.3 Å². The molecule has 2 aliphatic heterocycles. The molecule has 1 fully saturated rings. The molecule has 0 spiro atoms. The quantitative estimate of drug-likeness (QED) is 0.715. The van der Waals surface area contributed by atoms with Crippen LogP contribution in [-0.4, -0.2) is 28.5 Å². The Kier molecular flexibility index (Phi) is 5.86. The van der Waals surface area contributed by atoms with Crippen molar-refractivity contribution in [1.29, 1.82) is 0 Å². The topological polar surface area (TPSA) is 44.8 Å². The third-order valence-corrected chi connectivity index (χ3v) is 5.56. The van der Waals surface area contributed by atoms with Gasteiger partial charge in [-0.3, -0.25) is 4.79 Å². The first-order chi connectivity index (χ1) is 14.2. The van der Waals surface area contributed by atoms with Gasteiger partial charge in [-0.25, -0.2) is 5.43 Å². The molecule has 2 aromatic carbocycles. The Morgan fingerprint density at radius 3 is 2.83 bits per heavy atom. The number of benzene rings is 2. The number of nitrogens with zero attached hydrogens (tertiary/aromatic N) is 2. The van der Waals surface area contributed by atoms with Crippen molar-refractivity contribution in [3.63, 3.8) is 0 Å². The summed E-state index contributed by atoms with van der Waals surface area (Å²) in [5.41, 5.74) is 6.95. The van der Waals surface area contributed by atoms with E-state index in [9.17, 15) is 4.79 Å². The minimum absolute atomic E-state index is 0.0605. The van der Waals surface area contributed by atoms with Crippen LogP contribution in [0.3, 0.4) is 0 Å². The molecule has 2 aliphatic rings. The summed E-state index contributed by atoms with van der Waals surface area (Å²) in [6.45, 7) is 5.55. The molecule has 2 heterocycles. The van der Waals surface area contributed by atoms with Gasteiger partial charge in [-0.05, 0) is 31.4 Å². The Morgan fingerprint density at radius 1 is 1.14 bits per heavy atom. The molecule has 0 aliphatic carbocycles. The van der Waals surface area contributed by atoms with Crippen molar-refractivity contribution < 1.29 is 9.53 Å². The molecule has 4 rings (SSSR count). The van der Waals surface area contributed by atoms with Crippen molar-refractivity contribution in [3.05, 3.63) is 77.6 Å². The maximum Gasteiger partial charge on any atom is 0.251 e. The van der Waals surface area contributed by atoms with E-state index in [2.05, 4.69) is 43.5 Å². The molecule has 0 bridgehead atoms. The monoisotopic (exact) mass is 391 g/mol. The molecule has 2 aromatic rings. The fraction of sp³-hybridized carbons (Fsp3) is 0.375.